The summed E-state index contributed by atoms with van der Waals surface area (Å²) < 4.78 is 44.0. The summed E-state index contributed by atoms with van der Waals surface area (Å²) in [5.74, 6) is -5.54. The number of benzene rings is 2. The Morgan fingerprint density at radius 3 is 2.47 bits per heavy atom. The van der Waals surface area contributed by atoms with E-state index in [1.54, 1.807) is 18.2 Å². The summed E-state index contributed by atoms with van der Waals surface area (Å²) in [5.41, 5.74) is 3.95. The molecule has 1 aromatic heterocycles. The Balaban J connectivity index is 1.88. The molecule has 0 aliphatic carbocycles. The van der Waals surface area contributed by atoms with Crippen molar-refractivity contribution in [2.45, 2.75) is 39.2 Å². The third kappa shape index (κ3) is 6.45. The lowest BCUT2D eigenvalue weighted by molar-refractivity contribution is -0.142. The standard InChI is InChI=1S/C30H34F2N6O5/c1-5-6-13-38(30(2,3)29(40)41)24-22(31)27(42-19-9-7-8-18(15-19)26-35-12-14-37(26)4)36-28(23(24)32)43-21-16-17(25(33)34)10-11-20(21)39/h7-11,15-16,39H,5-6,12-14H2,1-4H3,(H3,33,34)(H,40,41). The Morgan fingerprint density at radius 2 is 1.86 bits per heavy atom. The third-order valence-electron chi connectivity index (χ3n) is 7.04. The number of halogens is 2. The quantitative estimate of drug-likeness (QED) is 0.165. The number of rotatable bonds is 12. The first-order valence-corrected chi connectivity index (χ1v) is 13.6. The van der Waals surface area contributed by atoms with Crippen LogP contribution in [0.15, 0.2) is 47.5 Å². The molecular formula is C30H34F2N6O5. The van der Waals surface area contributed by atoms with Crippen LogP contribution in [0.4, 0.5) is 14.5 Å². The van der Waals surface area contributed by atoms with E-state index < -0.39 is 46.3 Å². The summed E-state index contributed by atoms with van der Waals surface area (Å²) in [4.78, 5) is 23.8. The first kappa shape index (κ1) is 31.0. The van der Waals surface area contributed by atoms with Gasteiger partial charge in [0.1, 0.15) is 28.6 Å². The first-order valence-electron chi connectivity index (χ1n) is 13.6. The number of unbranched alkanes of at least 4 members (excludes halogenated alkanes) is 1. The van der Waals surface area contributed by atoms with Crippen LogP contribution in [0.25, 0.3) is 0 Å². The minimum Gasteiger partial charge on any atom is -0.504 e. The van der Waals surface area contributed by atoms with E-state index in [4.69, 9.17) is 20.6 Å². The molecule has 13 heteroatoms. The largest absolute Gasteiger partial charge is 0.504 e. The number of nitrogen functional groups attached to an aromatic ring is 1. The van der Waals surface area contributed by atoms with Crippen molar-refractivity contribution in [3.8, 4) is 29.0 Å². The van der Waals surface area contributed by atoms with Gasteiger partial charge in [0.25, 0.3) is 11.8 Å². The predicted molar refractivity (Wildman–Crippen MR) is 158 cm³/mol. The van der Waals surface area contributed by atoms with Gasteiger partial charge in [0.05, 0.1) is 6.54 Å². The second-order valence-electron chi connectivity index (χ2n) is 10.5. The van der Waals surface area contributed by atoms with Gasteiger partial charge in [-0.15, -0.1) is 0 Å². The highest BCUT2D eigenvalue weighted by molar-refractivity contribution is 6.00. The lowest BCUT2D eigenvalue weighted by atomic mass is 10.0. The molecule has 4 rings (SSSR count). The molecule has 0 amide bonds. The minimum atomic E-state index is -1.76. The van der Waals surface area contributed by atoms with Crippen LogP contribution in [0.2, 0.25) is 0 Å². The van der Waals surface area contributed by atoms with E-state index in [9.17, 15) is 15.0 Å². The van der Waals surface area contributed by atoms with Crippen molar-refractivity contribution in [1.82, 2.24) is 9.88 Å². The summed E-state index contributed by atoms with van der Waals surface area (Å²) in [6.07, 6.45) is 1.04. The van der Waals surface area contributed by atoms with Crippen LogP contribution in [0, 0.1) is 17.0 Å². The molecule has 0 radical (unpaired) electrons. The summed E-state index contributed by atoms with van der Waals surface area (Å²) in [5, 5.41) is 28.1. The molecule has 228 valence electrons. The fraction of sp³-hybridized carbons (Fsp3) is 0.333. The molecule has 2 heterocycles. The zero-order valence-electron chi connectivity index (χ0n) is 24.3. The van der Waals surface area contributed by atoms with Gasteiger partial charge in [0.2, 0.25) is 11.6 Å². The number of hydrogen-bond donors (Lipinski definition) is 4. The summed E-state index contributed by atoms with van der Waals surface area (Å²) in [6.45, 7) is 5.87. The van der Waals surface area contributed by atoms with Crippen LogP contribution in [0.5, 0.6) is 29.0 Å². The van der Waals surface area contributed by atoms with E-state index >= 15 is 8.78 Å². The zero-order valence-corrected chi connectivity index (χ0v) is 24.3. The highest BCUT2D eigenvalue weighted by atomic mass is 19.1. The number of carboxylic acid groups (broad SMARTS) is 1. The highest BCUT2D eigenvalue weighted by Gasteiger charge is 2.40. The number of carboxylic acids is 1. The lowest BCUT2D eigenvalue weighted by Crippen LogP contribution is -2.51. The van der Waals surface area contributed by atoms with E-state index in [0.29, 0.717) is 24.9 Å². The molecule has 1 aliphatic heterocycles. The van der Waals surface area contributed by atoms with Crippen LogP contribution in [-0.2, 0) is 4.79 Å². The summed E-state index contributed by atoms with van der Waals surface area (Å²) in [7, 11) is 1.89. The number of pyridine rings is 1. The van der Waals surface area contributed by atoms with Crippen molar-refractivity contribution in [1.29, 1.82) is 5.41 Å². The smallest absolute Gasteiger partial charge is 0.328 e. The molecule has 3 aromatic rings. The van der Waals surface area contributed by atoms with Crippen LogP contribution in [-0.4, -0.2) is 70.0 Å². The highest BCUT2D eigenvalue weighted by Crippen LogP contribution is 2.42. The number of likely N-dealkylation sites (N-methyl/N-ethyl adjacent to an activating group) is 1. The second kappa shape index (κ2) is 12.5. The molecule has 2 aromatic carbocycles. The Bertz CT molecular complexity index is 1580. The van der Waals surface area contributed by atoms with Gasteiger partial charge in [0.15, 0.2) is 11.5 Å². The van der Waals surface area contributed by atoms with Gasteiger partial charge in [0, 0.05) is 31.3 Å². The summed E-state index contributed by atoms with van der Waals surface area (Å²) in [6, 6.07) is 10.4. The van der Waals surface area contributed by atoms with E-state index in [1.807, 2.05) is 24.9 Å². The van der Waals surface area contributed by atoms with Crippen molar-refractivity contribution in [2.75, 3.05) is 31.6 Å². The normalized spacial score (nSPS) is 13.1. The van der Waals surface area contributed by atoms with Crippen molar-refractivity contribution in [3.05, 3.63) is 65.2 Å². The minimum absolute atomic E-state index is 0.0146. The first-order chi connectivity index (χ1) is 20.3. The number of nitrogens with zero attached hydrogens (tertiary/aromatic N) is 4. The Labute approximate surface area is 247 Å². The number of anilines is 1. The number of aromatic hydroxyl groups is 1. The van der Waals surface area contributed by atoms with Crippen LogP contribution in [0.1, 0.15) is 44.7 Å². The fourth-order valence-corrected chi connectivity index (χ4v) is 4.49. The van der Waals surface area contributed by atoms with E-state index in [1.165, 1.54) is 32.0 Å². The average molecular weight is 597 g/mol. The van der Waals surface area contributed by atoms with Gasteiger partial charge in [-0.2, -0.15) is 13.8 Å². The molecule has 1 aliphatic rings. The van der Waals surface area contributed by atoms with Crippen LogP contribution < -0.4 is 20.1 Å². The maximum Gasteiger partial charge on any atom is 0.328 e. The van der Waals surface area contributed by atoms with E-state index in [2.05, 4.69) is 9.98 Å². The van der Waals surface area contributed by atoms with Crippen molar-refractivity contribution >= 4 is 23.3 Å². The molecule has 43 heavy (non-hydrogen) atoms. The number of amidine groups is 2. The number of carbonyl (C=O) groups is 1. The number of aliphatic carboxylic acids is 1. The maximum atomic E-state index is 16.3. The Morgan fingerprint density at radius 1 is 1.16 bits per heavy atom. The van der Waals surface area contributed by atoms with E-state index in [-0.39, 0.29) is 29.4 Å². The monoisotopic (exact) mass is 596 g/mol. The molecule has 0 fully saturated rings. The van der Waals surface area contributed by atoms with Crippen LogP contribution in [0.3, 0.4) is 0 Å². The summed E-state index contributed by atoms with van der Waals surface area (Å²) >= 11 is 0. The SMILES string of the molecule is CCCCN(c1c(F)c(Oc2cccc(C3=NCCN3C)c2)nc(Oc2cc(C(=N)N)ccc2O)c1F)C(C)(C)C(=O)O. The number of phenolic OH excluding ortho intramolecular Hbond substituents is 1. The topological polar surface area (TPSA) is 158 Å². The molecule has 11 nitrogen and oxygen atoms in total. The lowest BCUT2D eigenvalue weighted by Gasteiger charge is -2.37. The zero-order chi connectivity index (χ0) is 31.5. The molecule has 0 saturated heterocycles. The van der Waals surface area contributed by atoms with Gasteiger partial charge >= 0.3 is 5.97 Å². The second-order valence-corrected chi connectivity index (χ2v) is 10.5. The molecule has 0 saturated carbocycles. The van der Waals surface area contributed by atoms with Gasteiger partial charge in [-0.1, -0.05) is 25.5 Å². The molecule has 0 spiro atoms. The Hall–Kier alpha value is -4.94. The number of hydrogen-bond acceptors (Lipinski definition) is 9. The van der Waals surface area contributed by atoms with Gasteiger partial charge in [-0.05, 0) is 50.6 Å². The Kier molecular flexibility index (Phi) is 9.02. The fourth-order valence-electron chi connectivity index (χ4n) is 4.49. The number of phenols is 1. The molecule has 0 unspecified atom stereocenters. The molecule has 0 bridgehead atoms. The maximum absolute atomic E-state index is 16.3. The molecular weight excluding hydrogens is 562 g/mol. The van der Waals surface area contributed by atoms with Gasteiger partial charge in [-0.3, -0.25) is 10.4 Å². The molecule has 0 atom stereocenters. The number of ether oxygens (including phenoxy) is 2. The number of nitrogens with two attached hydrogens (primary N) is 1. The van der Waals surface area contributed by atoms with Gasteiger partial charge in [-0.25, -0.2) is 4.79 Å². The number of aliphatic imine (C=N–C) groups is 1. The van der Waals surface area contributed by atoms with Crippen molar-refractivity contribution < 1.29 is 33.3 Å². The van der Waals surface area contributed by atoms with Crippen molar-refractivity contribution in [2.24, 2.45) is 10.7 Å². The van der Waals surface area contributed by atoms with Gasteiger partial charge < -0.3 is 35.2 Å². The number of nitrogens with one attached hydrogen (secondary N) is 1. The third-order valence-corrected chi connectivity index (χ3v) is 7.04. The van der Waals surface area contributed by atoms with Crippen molar-refractivity contribution in [3.63, 3.8) is 0 Å². The predicted octanol–water partition coefficient (Wildman–Crippen LogP) is 5.10. The number of aromatic nitrogens is 1. The van der Waals surface area contributed by atoms with E-state index in [0.717, 1.165) is 17.3 Å². The average Bonchev–Trinajstić information content (AvgIpc) is 3.39. The van der Waals surface area contributed by atoms with Crippen LogP contribution >= 0.6 is 0 Å². The molecule has 5 N–H and O–H groups in total.